The smallest absolute Gasteiger partial charge is 0.228 e. The number of ether oxygens (including phenoxy) is 1. The van der Waals surface area contributed by atoms with Crippen LogP contribution in [-0.2, 0) is 4.79 Å². The fourth-order valence-corrected chi connectivity index (χ4v) is 1.92. The Morgan fingerprint density at radius 1 is 1.44 bits per heavy atom. The number of amides is 1. The van der Waals surface area contributed by atoms with E-state index >= 15 is 0 Å². The minimum atomic E-state index is 0. The zero-order valence-electron chi connectivity index (χ0n) is 10.4. The van der Waals surface area contributed by atoms with Gasteiger partial charge in [0.2, 0.25) is 5.91 Å². The van der Waals surface area contributed by atoms with E-state index in [0.717, 1.165) is 30.9 Å². The molecule has 0 aliphatic carbocycles. The zero-order chi connectivity index (χ0) is 12.1. The lowest BCUT2D eigenvalue weighted by atomic mass is 10.1. The third-order valence-corrected chi connectivity index (χ3v) is 2.86. The Labute approximate surface area is 114 Å². The highest BCUT2D eigenvalue weighted by Crippen LogP contribution is 2.17. The molecule has 5 heteroatoms. The van der Waals surface area contributed by atoms with Crippen molar-refractivity contribution in [2.24, 2.45) is 5.92 Å². The third-order valence-electron chi connectivity index (χ3n) is 2.86. The molecule has 1 aromatic rings. The summed E-state index contributed by atoms with van der Waals surface area (Å²) in [5.74, 6) is 1.02. The number of carbonyl (C=O) groups is 1. The second-order valence-electron chi connectivity index (χ2n) is 4.14. The molecule has 4 nitrogen and oxygen atoms in total. The number of hydrogen-bond acceptors (Lipinski definition) is 3. The first-order valence-corrected chi connectivity index (χ1v) is 6.04. The van der Waals surface area contributed by atoms with Crippen LogP contribution >= 0.6 is 12.4 Å². The van der Waals surface area contributed by atoms with Crippen molar-refractivity contribution in [3.63, 3.8) is 0 Å². The van der Waals surface area contributed by atoms with Gasteiger partial charge in [0.15, 0.2) is 0 Å². The van der Waals surface area contributed by atoms with Gasteiger partial charge in [0, 0.05) is 12.2 Å². The van der Waals surface area contributed by atoms with E-state index in [2.05, 4.69) is 10.6 Å². The van der Waals surface area contributed by atoms with Gasteiger partial charge in [-0.25, -0.2) is 0 Å². The van der Waals surface area contributed by atoms with Crippen molar-refractivity contribution in [3.8, 4) is 5.75 Å². The second-order valence-corrected chi connectivity index (χ2v) is 4.14. The van der Waals surface area contributed by atoms with Gasteiger partial charge in [-0.05, 0) is 44.2 Å². The van der Waals surface area contributed by atoms with Crippen LogP contribution in [0.25, 0.3) is 0 Å². The molecule has 1 unspecified atom stereocenters. The molecule has 1 atom stereocenters. The summed E-state index contributed by atoms with van der Waals surface area (Å²) in [5, 5.41) is 6.10. The Morgan fingerprint density at radius 3 is 2.72 bits per heavy atom. The fraction of sp³-hybridized carbons (Fsp3) is 0.462. The number of benzene rings is 1. The molecule has 2 N–H and O–H groups in total. The van der Waals surface area contributed by atoms with E-state index < -0.39 is 0 Å². The van der Waals surface area contributed by atoms with E-state index in [1.807, 2.05) is 31.2 Å². The number of carbonyl (C=O) groups excluding carboxylic acids is 1. The monoisotopic (exact) mass is 270 g/mol. The highest BCUT2D eigenvalue weighted by atomic mass is 35.5. The highest BCUT2D eigenvalue weighted by molar-refractivity contribution is 5.92. The second kappa shape index (κ2) is 7.24. The standard InChI is InChI=1S/C13H18N2O2.ClH/c1-2-17-12-5-3-11(4-6-12)15-13(16)10-7-8-14-9-10;/h3-6,10,14H,2,7-9H2,1H3,(H,15,16);1H. The average molecular weight is 271 g/mol. The predicted octanol–water partition coefficient (Wildman–Crippen LogP) is 2.06. The summed E-state index contributed by atoms with van der Waals surface area (Å²) in [6.07, 6.45) is 0.920. The van der Waals surface area contributed by atoms with E-state index in [4.69, 9.17) is 4.74 Å². The highest BCUT2D eigenvalue weighted by Gasteiger charge is 2.22. The van der Waals surface area contributed by atoms with Crippen LogP contribution in [0.3, 0.4) is 0 Å². The quantitative estimate of drug-likeness (QED) is 0.881. The van der Waals surface area contributed by atoms with Crippen LogP contribution in [0.4, 0.5) is 5.69 Å². The molecule has 0 radical (unpaired) electrons. The maximum atomic E-state index is 11.8. The number of hydrogen-bond donors (Lipinski definition) is 2. The summed E-state index contributed by atoms with van der Waals surface area (Å²) in [5.41, 5.74) is 0.824. The Balaban J connectivity index is 0.00000162. The Kier molecular flexibility index (Phi) is 5.95. The number of halogens is 1. The first-order valence-electron chi connectivity index (χ1n) is 6.04. The van der Waals surface area contributed by atoms with Gasteiger partial charge >= 0.3 is 0 Å². The molecule has 0 aromatic heterocycles. The SMILES string of the molecule is CCOc1ccc(NC(=O)C2CCNC2)cc1.Cl. The van der Waals surface area contributed by atoms with E-state index in [-0.39, 0.29) is 24.2 Å². The largest absolute Gasteiger partial charge is 0.494 e. The molecule has 1 aliphatic heterocycles. The molecule has 0 saturated carbocycles. The van der Waals surface area contributed by atoms with Gasteiger partial charge in [-0.1, -0.05) is 0 Å². The molecular weight excluding hydrogens is 252 g/mol. The molecule has 1 aliphatic rings. The van der Waals surface area contributed by atoms with Crippen molar-refractivity contribution >= 4 is 24.0 Å². The molecule has 0 bridgehead atoms. The maximum absolute atomic E-state index is 11.8. The summed E-state index contributed by atoms with van der Waals surface area (Å²) in [4.78, 5) is 11.8. The van der Waals surface area contributed by atoms with Crippen molar-refractivity contribution < 1.29 is 9.53 Å². The molecule has 100 valence electrons. The summed E-state index contributed by atoms with van der Waals surface area (Å²) in [6.45, 7) is 4.31. The first-order chi connectivity index (χ1) is 8.29. The fourth-order valence-electron chi connectivity index (χ4n) is 1.92. The van der Waals surface area contributed by atoms with Crippen LogP contribution in [0.5, 0.6) is 5.75 Å². The Bertz CT molecular complexity index is 375. The van der Waals surface area contributed by atoms with Gasteiger partial charge in [0.1, 0.15) is 5.75 Å². The maximum Gasteiger partial charge on any atom is 0.228 e. The van der Waals surface area contributed by atoms with Gasteiger partial charge in [0.25, 0.3) is 0 Å². The lowest BCUT2D eigenvalue weighted by molar-refractivity contribution is -0.119. The summed E-state index contributed by atoms with van der Waals surface area (Å²) in [6, 6.07) is 7.47. The minimum Gasteiger partial charge on any atom is -0.494 e. The van der Waals surface area contributed by atoms with Crippen LogP contribution in [0.1, 0.15) is 13.3 Å². The minimum absolute atomic E-state index is 0. The van der Waals surface area contributed by atoms with Gasteiger partial charge in [-0.3, -0.25) is 4.79 Å². The lowest BCUT2D eigenvalue weighted by Crippen LogP contribution is -2.24. The van der Waals surface area contributed by atoms with Crippen molar-refractivity contribution in [3.05, 3.63) is 24.3 Å². The molecule has 1 amide bonds. The molecule has 1 fully saturated rings. The van der Waals surface area contributed by atoms with Gasteiger partial charge in [0.05, 0.1) is 12.5 Å². The number of anilines is 1. The van der Waals surface area contributed by atoms with Crippen molar-refractivity contribution in [2.75, 3.05) is 25.0 Å². The van der Waals surface area contributed by atoms with Crippen molar-refractivity contribution in [1.82, 2.24) is 5.32 Å². The molecule has 2 rings (SSSR count). The molecular formula is C13H19ClN2O2. The topological polar surface area (TPSA) is 50.4 Å². The molecule has 1 saturated heterocycles. The zero-order valence-corrected chi connectivity index (χ0v) is 11.3. The van der Waals surface area contributed by atoms with Crippen LogP contribution in [0, 0.1) is 5.92 Å². The van der Waals surface area contributed by atoms with Crippen LogP contribution < -0.4 is 15.4 Å². The lowest BCUT2D eigenvalue weighted by Gasteiger charge is -2.10. The summed E-state index contributed by atoms with van der Waals surface area (Å²) < 4.78 is 5.34. The number of nitrogens with one attached hydrogen (secondary N) is 2. The van der Waals surface area contributed by atoms with E-state index in [1.54, 1.807) is 0 Å². The third kappa shape index (κ3) is 3.89. The molecule has 1 heterocycles. The normalized spacial score (nSPS) is 17.9. The van der Waals surface area contributed by atoms with Gasteiger partial charge in [-0.15, -0.1) is 12.4 Å². The molecule has 0 spiro atoms. The summed E-state index contributed by atoms with van der Waals surface area (Å²) >= 11 is 0. The summed E-state index contributed by atoms with van der Waals surface area (Å²) in [7, 11) is 0. The Hall–Kier alpha value is -1.26. The van der Waals surface area contributed by atoms with Crippen molar-refractivity contribution in [2.45, 2.75) is 13.3 Å². The van der Waals surface area contributed by atoms with E-state index in [0.29, 0.717) is 6.61 Å². The Morgan fingerprint density at radius 2 is 2.17 bits per heavy atom. The van der Waals surface area contributed by atoms with Gasteiger partial charge in [-0.2, -0.15) is 0 Å². The van der Waals surface area contributed by atoms with Crippen LogP contribution in [-0.4, -0.2) is 25.6 Å². The molecule has 1 aromatic carbocycles. The number of rotatable bonds is 4. The van der Waals surface area contributed by atoms with E-state index in [1.165, 1.54) is 0 Å². The van der Waals surface area contributed by atoms with Gasteiger partial charge < -0.3 is 15.4 Å². The molecule has 18 heavy (non-hydrogen) atoms. The van der Waals surface area contributed by atoms with E-state index in [9.17, 15) is 4.79 Å². The van der Waals surface area contributed by atoms with Crippen molar-refractivity contribution in [1.29, 1.82) is 0 Å². The average Bonchev–Trinajstić information content (AvgIpc) is 2.86. The first kappa shape index (κ1) is 14.8. The predicted molar refractivity (Wildman–Crippen MR) is 74.5 cm³/mol. The van der Waals surface area contributed by atoms with Crippen LogP contribution in [0.15, 0.2) is 24.3 Å². The van der Waals surface area contributed by atoms with Crippen LogP contribution in [0.2, 0.25) is 0 Å².